The number of piperazine rings is 1. The summed E-state index contributed by atoms with van der Waals surface area (Å²) in [7, 11) is -1.40. The zero-order valence-electron chi connectivity index (χ0n) is 14.7. The van der Waals surface area contributed by atoms with Crippen molar-refractivity contribution >= 4 is 15.7 Å². The molecule has 1 amide bonds. The number of carbonyl (C=O) groups excluding carboxylic acids is 1. The maximum atomic E-state index is 13.2. The van der Waals surface area contributed by atoms with E-state index >= 15 is 0 Å². The Labute approximate surface area is 153 Å². The third-order valence-electron chi connectivity index (χ3n) is 4.70. The van der Waals surface area contributed by atoms with Crippen molar-refractivity contribution in [3.8, 4) is 0 Å². The van der Waals surface area contributed by atoms with E-state index in [1.807, 2.05) is 7.05 Å². The normalized spacial score (nSPS) is 18.7. The van der Waals surface area contributed by atoms with E-state index in [2.05, 4.69) is 4.90 Å². The number of likely N-dealkylation sites (N-methyl/N-ethyl adjacent to an activating group) is 1. The molecule has 7 heteroatoms. The van der Waals surface area contributed by atoms with Crippen LogP contribution in [0, 0.1) is 5.82 Å². The van der Waals surface area contributed by atoms with Crippen LogP contribution in [0.25, 0.3) is 0 Å². The van der Waals surface area contributed by atoms with Crippen molar-refractivity contribution in [2.75, 3.05) is 32.9 Å². The molecule has 0 bridgehead atoms. The third-order valence-corrected chi connectivity index (χ3v) is 5.81. The monoisotopic (exact) mass is 376 g/mol. The van der Waals surface area contributed by atoms with Gasteiger partial charge in [-0.05, 0) is 42.9 Å². The highest BCUT2D eigenvalue weighted by molar-refractivity contribution is 7.90. The second kappa shape index (κ2) is 7.17. The zero-order chi connectivity index (χ0) is 18.9. The van der Waals surface area contributed by atoms with Crippen molar-refractivity contribution in [3.63, 3.8) is 0 Å². The molecule has 1 atom stereocenters. The lowest BCUT2D eigenvalue weighted by atomic mass is 10.0. The summed E-state index contributed by atoms with van der Waals surface area (Å²) in [5.41, 5.74) is 1.30. The minimum Gasteiger partial charge on any atom is -0.335 e. The van der Waals surface area contributed by atoms with E-state index < -0.39 is 9.84 Å². The van der Waals surface area contributed by atoms with E-state index in [0.29, 0.717) is 25.2 Å². The fourth-order valence-electron chi connectivity index (χ4n) is 3.15. The summed E-state index contributed by atoms with van der Waals surface area (Å²) >= 11 is 0. The van der Waals surface area contributed by atoms with Crippen molar-refractivity contribution in [1.82, 2.24) is 9.80 Å². The fraction of sp³-hybridized carbons (Fsp3) is 0.316. The molecule has 0 N–H and O–H groups in total. The third kappa shape index (κ3) is 3.94. The predicted octanol–water partition coefficient (Wildman–Crippen LogP) is 2.36. The highest BCUT2D eigenvalue weighted by Crippen LogP contribution is 2.25. The van der Waals surface area contributed by atoms with Crippen LogP contribution in [0.3, 0.4) is 0 Å². The predicted molar refractivity (Wildman–Crippen MR) is 97.2 cm³/mol. The second-order valence-electron chi connectivity index (χ2n) is 6.60. The number of nitrogens with zero attached hydrogens (tertiary/aromatic N) is 2. The van der Waals surface area contributed by atoms with Gasteiger partial charge in [-0.3, -0.25) is 9.69 Å². The first-order valence-corrected chi connectivity index (χ1v) is 10.2. The zero-order valence-corrected chi connectivity index (χ0v) is 15.5. The molecule has 2 aromatic rings. The van der Waals surface area contributed by atoms with Gasteiger partial charge in [-0.2, -0.15) is 0 Å². The topological polar surface area (TPSA) is 57.7 Å². The summed E-state index contributed by atoms with van der Waals surface area (Å²) in [6.07, 6.45) is 1.12. The minimum atomic E-state index is -3.37. The quantitative estimate of drug-likeness (QED) is 0.825. The molecule has 26 heavy (non-hydrogen) atoms. The lowest BCUT2D eigenvalue weighted by Gasteiger charge is -2.39. The molecule has 1 heterocycles. The summed E-state index contributed by atoms with van der Waals surface area (Å²) in [6, 6.07) is 12.4. The van der Waals surface area contributed by atoms with Gasteiger partial charge >= 0.3 is 0 Å². The maximum Gasteiger partial charge on any atom is 0.254 e. The number of amides is 1. The first-order valence-electron chi connectivity index (χ1n) is 8.31. The Morgan fingerprint density at radius 2 is 1.81 bits per heavy atom. The van der Waals surface area contributed by atoms with Gasteiger partial charge in [-0.1, -0.05) is 18.2 Å². The molecule has 0 spiro atoms. The molecule has 1 fully saturated rings. The fourth-order valence-corrected chi connectivity index (χ4v) is 3.81. The molecule has 0 aromatic heterocycles. The Morgan fingerprint density at radius 1 is 1.12 bits per heavy atom. The van der Waals surface area contributed by atoms with Crippen LogP contribution in [0.5, 0.6) is 0 Å². The van der Waals surface area contributed by atoms with Crippen LogP contribution in [0.15, 0.2) is 53.4 Å². The average molecular weight is 376 g/mol. The molecule has 0 radical (unpaired) electrons. The molecule has 138 valence electrons. The SMILES string of the molecule is CN1CCN(C(=O)c2cccc(S(C)(=O)=O)c2)CC1c1ccc(F)cc1. The number of rotatable bonds is 3. The van der Waals surface area contributed by atoms with E-state index in [4.69, 9.17) is 0 Å². The molecular weight excluding hydrogens is 355 g/mol. The molecule has 3 rings (SSSR count). The first-order chi connectivity index (χ1) is 12.3. The van der Waals surface area contributed by atoms with Crippen molar-refractivity contribution in [2.24, 2.45) is 0 Å². The van der Waals surface area contributed by atoms with Gasteiger partial charge in [-0.25, -0.2) is 12.8 Å². The summed E-state index contributed by atoms with van der Waals surface area (Å²) in [5, 5.41) is 0. The van der Waals surface area contributed by atoms with Crippen molar-refractivity contribution in [3.05, 3.63) is 65.5 Å². The molecule has 0 aliphatic carbocycles. The number of hydrogen-bond donors (Lipinski definition) is 0. The van der Waals surface area contributed by atoms with Crippen LogP contribution >= 0.6 is 0 Å². The molecule has 1 unspecified atom stereocenters. The van der Waals surface area contributed by atoms with Gasteiger partial charge in [0.05, 0.1) is 10.9 Å². The van der Waals surface area contributed by atoms with Crippen LogP contribution in [-0.4, -0.2) is 57.1 Å². The van der Waals surface area contributed by atoms with Crippen LogP contribution in [-0.2, 0) is 9.84 Å². The molecule has 1 saturated heterocycles. The molecule has 0 saturated carbocycles. The van der Waals surface area contributed by atoms with E-state index in [1.54, 1.807) is 29.2 Å². The number of hydrogen-bond acceptors (Lipinski definition) is 4. The Morgan fingerprint density at radius 3 is 2.46 bits per heavy atom. The van der Waals surface area contributed by atoms with Crippen molar-refractivity contribution in [2.45, 2.75) is 10.9 Å². The summed E-state index contributed by atoms with van der Waals surface area (Å²) in [6.45, 7) is 1.69. The Kier molecular flexibility index (Phi) is 5.11. The largest absolute Gasteiger partial charge is 0.335 e. The molecule has 1 aliphatic rings. The van der Waals surface area contributed by atoms with Gasteiger partial charge in [0.15, 0.2) is 9.84 Å². The van der Waals surface area contributed by atoms with Gasteiger partial charge < -0.3 is 4.90 Å². The van der Waals surface area contributed by atoms with Crippen LogP contribution in [0.2, 0.25) is 0 Å². The van der Waals surface area contributed by atoms with E-state index in [-0.39, 0.29) is 22.7 Å². The first kappa shape index (κ1) is 18.5. The van der Waals surface area contributed by atoms with E-state index in [1.165, 1.54) is 24.3 Å². The molecule has 5 nitrogen and oxygen atoms in total. The number of benzene rings is 2. The second-order valence-corrected chi connectivity index (χ2v) is 8.61. The lowest BCUT2D eigenvalue weighted by molar-refractivity contribution is 0.0546. The molecule has 2 aromatic carbocycles. The van der Waals surface area contributed by atoms with Gasteiger partial charge in [-0.15, -0.1) is 0 Å². The van der Waals surface area contributed by atoms with Gasteiger partial charge in [0.1, 0.15) is 5.82 Å². The van der Waals surface area contributed by atoms with E-state index in [0.717, 1.165) is 11.8 Å². The Balaban J connectivity index is 1.83. The minimum absolute atomic E-state index is 0.0357. The highest BCUT2D eigenvalue weighted by Gasteiger charge is 2.29. The lowest BCUT2D eigenvalue weighted by Crippen LogP contribution is -2.49. The average Bonchev–Trinajstić information content (AvgIpc) is 2.62. The number of halogens is 1. The summed E-state index contributed by atoms with van der Waals surface area (Å²) in [5.74, 6) is -0.492. The van der Waals surface area contributed by atoms with Crippen molar-refractivity contribution < 1.29 is 17.6 Å². The van der Waals surface area contributed by atoms with Gasteiger partial charge in [0, 0.05) is 31.5 Å². The van der Waals surface area contributed by atoms with Crippen LogP contribution < -0.4 is 0 Å². The standard InChI is InChI=1S/C19H21FN2O3S/c1-21-10-11-22(13-18(21)14-6-8-16(20)9-7-14)19(23)15-4-3-5-17(12-15)26(2,24)25/h3-9,12,18H,10-11,13H2,1-2H3. The number of carbonyl (C=O) groups is 1. The number of sulfone groups is 1. The smallest absolute Gasteiger partial charge is 0.254 e. The van der Waals surface area contributed by atoms with Crippen molar-refractivity contribution in [1.29, 1.82) is 0 Å². The van der Waals surface area contributed by atoms with Gasteiger partial charge in [0.2, 0.25) is 0 Å². The summed E-state index contributed by atoms with van der Waals surface area (Å²) < 4.78 is 36.6. The summed E-state index contributed by atoms with van der Waals surface area (Å²) in [4.78, 5) is 16.8. The van der Waals surface area contributed by atoms with Crippen LogP contribution in [0.4, 0.5) is 4.39 Å². The molecule has 1 aliphatic heterocycles. The Bertz CT molecular complexity index is 913. The van der Waals surface area contributed by atoms with E-state index in [9.17, 15) is 17.6 Å². The maximum absolute atomic E-state index is 13.2. The van der Waals surface area contributed by atoms with Gasteiger partial charge in [0.25, 0.3) is 5.91 Å². The molecular formula is C19H21FN2O3S. The highest BCUT2D eigenvalue weighted by atomic mass is 32.2. The van der Waals surface area contributed by atoms with Crippen LogP contribution in [0.1, 0.15) is 22.0 Å². The Hall–Kier alpha value is -2.25.